The highest BCUT2D eigenvalue weighted by Crippen LogP contribution is 2.25. The lowest BCUT2D eigenvalue weighted by Gasteiger charge is -1.92. The third kappa shape index (κ3) is 2.32. The molecule has 18 heavy (non-hydrogen) atoms. The van der Waals surface area contributed by atoms with Gasteiger partial charge >= 0.3 is 0 Å². The average Bonchev–Trinajstić information content (AvgIpc) is 2.94. The normalized spacial score (nSPS) is 10.9. The quantitative estimate of drug-likeness (QED) is 0.668. The Bertz CT molecular complexity index is 683. The molecule has 3 aromatic rings. The molecule has 2 aromatic heterocycles. The molecule has 0 fully saturated rings. The number of nitrogens with zero attached hydrogens (tertiary/aromatic N) is 1. The molecule has 1 aromatic carbocycles. The maximum absolute atomic E-state index is 12.0. The van der Waals surface area contributed by atoms with Crippen LogP contribution < -0.4 is 0 Å². The Labute approximate surface area is 117 Å². The van der Waals surface area contributed by atoms with Crippen molar-refractivity contribution >= 4 is 50.3 Å². The lowest BCUT2D eigenvalue weighted by Crippen LogP contribution is -2.00. The fourth-order valence-corrected chi connectivity index (χ4v) is 3.63. The van der Waals surface area contributed by atoms with Crippen LogP contribution in [0.2, 0.25) is 4.34 Å². The van der Waals surface area contributed by atoms with Gasteiger partial charge in [-0.05, 0) is 24.3 Å². The van der Waals surface area contributed by atoms with Gasteiger partial charge in [0.15, 0.2) is 5.78 Å². The molecule has 5 heteroatoms. The number of ketones is 1. The van der Waals surface area contributed by atoms with E-state index in [0.29, 0.717) is 15.6 Å². The fourth-order valence-electron chi connectivity index (χ4n) is 1.68. The van der Waals surface area contributed by atoms with Gasteiger partial charge in [-0.3, -0.25) is 4.79 Å². The third-order valence-corrected chi connectivity index (χ3v) is 4.81. The summed E-state index contributed by atoms with van der Waals surface area (Å²) in [6.07, 6.45) is 0.343. The molecule has 90 valence electrons. The molecule has 0 saturated heterocycles. The van der Waals surface area contributed by atoms with E-state index < -0.39 is 0 Å². The zero-order valence-electron chi connectivity index (χ0n) is 9.22. The monoisotopic (exact) mass is 293 g/mol. The second-order valence-electron chi connectivity index (χ2n) is 3.78. The first-order valence-electron chi connectivity index (χ1n) is 5.35. The zero-order chi connectivity index (χ0) is 12.5. The van der Waals surface area contributed by atoms with Gasteiger partial charge in [0.1, 0.15) is 5.01 Å². The molecule has 0 spiro atoms. The van der Waals surface area contributed by atoms with E-state index in [9.17, 15) is 4.79 Å². The minimum atomic E-state index is 0.0750. The summed E-state index contributed by atoms with van der Waals surface area (Å²) < 4.78 is 1.76. The number of hydrogen-bond acceptors (Lipinski definition) is 4. The largest absolute Gasteiger partial charge is 0.293 e. The van der Waals surface area contributed by atoms with Crippen molar-refractivity contribution < 1.29 is 4.79 Å². The molecule has 3 rings (SSSR count). The van der Waals surface area contributed by atoms with E-state index in [-0.39, 0.29) is 5.78 Å². The van der Waals surface area contributed by atoms with Crippen LogP contribution in [0.5, 0.6) is 0 Å². The van der Waals surface area contributed by atoms with Gasteiger partial charge in [0.25, 0.3) is 0 Å². The van der Waals surface area contributed by atoms with Crippen molar-refractivity contribution in [3.05, 3.63) is 50.6 Å². The minimum absolute atomic E-state index is 0.0750. The first kappa shape index (κ1) is 11.8. The highest BCUT2D eigenvalue weighted by molar-refractivity contribution is 7.19. The minimum Gasteiger partial charge on any atom is -0.293 e. The number of halogens is 1. The number of aromatic nitrogens is 1. The van der Waals surface area contributed by atoms with Crippen molar-refractivity contribution in [2.75, 3.05) is 0 Å². The van der Waals surface area contributed by atoms with Crippen LogP contribution in [-0.4, -0.2) is 10.8 Å². The van der Waals surface area contributed by atoms with Crippen molar-refractivity contribution in [3.8, 4) is 0 Å². The van der Waals surface area contributed by atoms with Gasteiger partial charge in [0, 0.05) is 0 Å². The standard InChI is InChI=1S/C13H8ClNOS2/c14-12-6-5-11(17-12)9(16)7-13-15-8-3-1-2-4-10(8)18-13/h1-6H,7H2. The number of rotatable bonds is 3. The van der Waals surface area contributed by atoms with Crippen LogP contribution in [0, 0.1) is 0 Å². The fraction of sp³-hybridized carbons (Fsp3) is 0.0769. The van der Waals surface area contributed by atoms with Gasteiger partial charge in [0.05, 0.1) is 25.9 Å². The smallest absolute Gasteiger partial charge is 0.179 e. The summed E-state index contributed by atoms with van der Waals surface area (Å²) in [4.78, 5) is 17.2. The Balaban J connectivity index is 1.86. The number of para-hydroxylation sites is 1. The van der Waals surface area contributed by atoms with Gasteiger partial charge < -0.3 is 0 Å². The summed E-state index contributed by atoms with van der Waals surface area (Å²) >= 11 is 8.71. The van der Waals surface area contributed by atoms with Crippen LogP contribution in [0.3, 0.4) is 0 Å². The van der Waals surface area contributed by atoms with E-state index in [0.717, 1.165) is 15.2 Å². The van der Waals surface area contributed by atoms with Crippen molar-refractivity contribution in [2.24, 2.45) is 0 Å². The maximum Gasteiger partial charge on any atom is 0.179 e. The Morgan fingerprint density at radius 1 is 1.17 bits per heavy atom. The number of Topliss-reactive ketones (excluding diaryl/α,β-unsaturated/α-hetero) is 1. The van der Waals surface area contributed by atoms with Gasteiger partial charge in [-0.25, -0.2) is 4.98 Å². The number of fused-ring (bicyclic) bond motifs is 1. The van der Waals surface area contributed by atoms with E-state index >= 15 is 0 Å². The Kier molecular flexibility index (Phi) is 3.16. The zero-order valence-corrected chi connectivity index (χ0v) is 11.6. The van der Waals surface area contributed by atoms with Crippen LogP contribution in [0.4, 0.5) is 0 Å². The van der Waals surface area contributed by atoms with E-state index in [1.54, 1.807) is 23.5 Å². The van der Waals surface area contributed by atoms with Crippen LogP contribution in [0.25, 0.3) is 10.2 Å². The van der Waals surface area contributed by atoms with Crippen LogP contribution in [-0.2, 0) is 6.42 Å². The summed E-state index contributed by atoms with van der Waals surface area (Å²) in [5.41, 5.74) is 0.953. The van der Waals surface area contributed by atoms with Crippen molar-refractivity contribution in [2.45, 2.75) is 6.42 Å². The predicted molar refractivity (Wildman–Crippen MR) is 77.0 cm³/mol. The number of thiophene rings is 1. The van der Waals surface area contributed by atoms with E-state index in [1.807, 2.05) is 24.3 Å². The Morgan fingerprint density at radius 3 is 2.72 bits per heavy atom. The molecule has 0 aliphatic carbocycles. The molecule has 0 aliphatic rings. The molecule has 0 N–H and O–H groups in total. The van der Waals surface area contributed by atoms with Gasteiger partial charge in [-0.15, -0.1) is 22.7 Å². The number of hydrogen-bond donors (Lipinski definition) is 0. The van der Waals surface area contributed by atoms with Crippen molar-refractivity contribution in [1.82, 2.24) is 4.98 Å². The van der Waals surface area contributed by atoms with E-state index in [4.69, 9.17) is 11.6 Å². The number of carbonyl (C=O) groups excluding carboxylic acids is 1. The molecule has 0 amide bonds. The van der Waals surface area contributed by atoms with Crippen molar-refractivity contribution in [3.63, 3.8) is 0 Å². The van der Waals surface area contributed by atoms with Crippen LogP contribution >= 0.6 is 34.3 Å². The molecular formula is C13H8ClNOS2. The van der Waals surface area contributed by atoms with E-state index in [1.165, 1.54) is 11.3 Å². The average molecular weight is 294 g/mol. The summed E-state index contributed by atoms with van der Waals surface area (Å²) in [6, 6.07) is 11.4. The summed E-state index contributed by atoms with van der Waals surface area (Å²) in [6.45, 7) is 0. The number of thiazole rings is 1. The topological polar surface area (TPSA) is 30.0 Å². The molecule has 0 saturated carbocycles. The second kappa shape index (κ2) is 4.80. The SMILES string of the molecule is O=C(Cc1nc2ccccc2s1)c1ccc(Cl)s1. The first-order valence-corrected chi connectivity index (χ1v) is 7.36. The first-order chi connectivity index (χ1) is 8.72. The molecule has 2 heterocycles. The van der Waals surface area contributed by atoms with Crippen molar-refractivity contribution in [1.29, 1.82) is 0 Å². The third-order valence-electron chi connectivity index (χ3n) is 2.50. The van der Waals surface area contributed by atoms with Crippen LogP contribution in [0.15, 0.2) is 36.4 Å². The maximum atomic E-state index is 12.0. The van der Waals surface area contributed by atoms with Gasteiger partial charge in [-0.1, -0.05) is 23.7 Å². The summed E-state index contributed by atoms with van der Waals surface area (Å²) in [7, 11) is 0. The molecule has 0 aliphatic heterocycles. The highest BCUT2D eigenvalue weighted by Gasteiger charge is 2.12. The van der Waals surface area contributed by atoms with Gasteiger partial charge in [0.2, 0.25) is 0 Å². The lowest BCUT2D eigenvalue weighted by atomic mass is 10.2. The van der Waals surface area contributed by atoms with Gasteiger partial charge in [-0.2, -0.15) is 0 Å². The summed E-state index contributed by atoms with van der Waals surface area (Å²) in [5.74, 6) is 0.0750. The Hall–Kier alpha value is -1.23. The molecule has 0 atom stereocenters. The highest BCUT2D eigenvalue weighted by atomic mass is 35.5. The molecule has 2 nitrogen and oxygen atoms in total. The molecular weight excluding hydrogens is 286 g/mol. The molecule has 0 radical (unpaired) electrons. The molecule has 0 bridgehead atoms. The predicted octanol–water partition coefficient (Wildman–Crippen LogP) is 4.44. The van der Waals surface area contributed by atoms with E-state index in [2.05, 4.69) is 4.98 Å². The van der Waals surface area contributed by atoms with Crippen LogP contribution in [0.1, 0.15) is 14.7 Å². The second-order valence-corrected chi connectivity index (χ2v) is 6.61. The lowest BCUT2D eigenvalue weighted by molar-refractivity contribution is 0.0997. The Morgan fingerprint density at radius 2 is 2.00 bits per heavy atom. The molecule has 0 unspecified atom stereocenters. The summed E-state index contributed by atoms with van der Waals surface area (Å²) in [5, 5.41) is 0.853. The number of benzene rings is 1. The number of carbonyl (C=O) groups is 1.